The van der Waals surface area contributed by atoms with Gasteiger partial charge in [0.15, 0.2) is 0 Å². The Bertz CT molecular complexity index is 664. The first-order valence-corrected chi connectivity index (χ1v) is 8.18. The van der Waals surface area contributed by atoms with Gasteiger partial charge in [-0.3, -0.25) is 4.90 Å². The maximum absolute atomic E-state index is 13.9. The van der Waals surface area contributed by atoms with Crippen molar-refractivity contribution in [1.82, 2.24) is 15.1 Å². The Morgan fingerprint density at radius 3 is 3.00 bits per heavy atom. The zero-order valence-corrected chi connectivity index (χ0v) is 13.7. The maximum Gasteiger partial charge on any atom is 0.250 e. The molecule has 1 fully saturated rings. The van der Waals surface area contributed by atoms with Crippen molar-refractivity contribution in [3.63, 3.8) is 0 Å². The van der Waals surface area contributed by atoms with Gasteiger partial charge >= 0.3 is 0 Å². The van der Waals surface area contributed by atoms with E-state index in [9.17, 15) is 9.50 Å². The quantitative estimate of drug-likeness (QED) is 0.874. The van der Waals surface area contributed by atoms with Gasteiger partial charge in [0.1, 0.15) is 5.82 Å². The number of aromatic nitrogens is 2. The first-order chi connectivity index (χ1) is 11.7. The number of hydrogen-bond acceptors (Lipinski definition) is 6. The summed E-state index contributed by atoms with van der Waals surface area (Å²) < 4.78 is 24.6. The number of hydrogen-bond donors (Lipinski definition) is 1. The number of methoxy groups -OCH3 is 1. The predicted molar refractivity (Wildman–Crippen MR) is 85.7 cm³/mol. The summed E-state index contributed by atoms with van der Waals surface area (Å²) in [5.41, 5.74) is 0.304. The van der Waals surface area contributed by atoms with Gasteiger partial charge in [-0.25, -0.2) is 4.39 Å². The molecule has 1 aromatic carbocycles. The van der Waals surface area contributed by atoms with Crippen molar-refractivity contribution in [2.45, 2.75) is 31.4 Å². The molecule has 0 amide bonds. The Morgan fingerprint density at radius 1 is 1.38 bits per heavy atom. The summed E-state index contributed by atoms with van der Waals surface area (Å²) in [6.07, 6.45) is 2.42. The number of β-amino-alcohol motifs (C(OH)–C–C–N with tert-alkyl or cyclic N) is 1. The molecule has 1 N–H and O–H groups in total. The minimum atomic E-state index is -0.565. The number of likely N-dealkylation sites (tertiary alicyclic amines) is 1. The minimum absolute atomic E-state index is 0.0571. The molecule has 3 rings (SSSR count). The molecule has 0 bridgehead atoms. The van der Waals surface area contributed by atoms with Gasteiger partial charge in [-0.1, -0.05) is 18.6 Å². The normalized spacial score (nSPS) is 20.2. The third-order valence-electron chi connectivity index (χ3n) is 4.25. The van der Waals surface area contributed by atoms with E-state index in [0.29, 0.717) is 18.0 Å². The van der Waals surface area contributed by atoms with Gasteiger partial charge in [-0.15, -0.1) is 10.2 Å². The predicted octanol–water partition coefficient (Wildman–Crippen LogP) is 2.41. The van der Waals surface area contributed by atoms with Crippen LogP contribution in [0.2, 0.25) is 0 Å². The van der Waals surface area contributed by atoms with Crippen molar-refractivity contribution in [1.29, 1.82) is 0 Å². The van der Waals surface area contributed by atoms with E-state index in [-0.39, 0.29) is 24.4 Å². The van der Waals surface area contributed by atoms with Gasteiger partial charge in [-0.05, 0) is 31.5 Å². The van der Waals surface area contributed by atoms with Gasteiger partial charge in [0.2, 0.25) is 5.89 Å². The summed E-state index contributed by atoms with van der Waals surface area (Å²) >= 11 is 0. The van der Waals surface area contributed by atoms with Crippen LogP contribution in [0.3, 0.4) is 0 Å². The van der Waals surface area contributed by atoms with Crippen molar-refractivity contribution in [2.24, 2.45) is 0 Å². The maximum atomic E-state index is 13.9. The number of rotatable bonds is 6. The van der Waals surface area contributed by atoms with Crippen molar-refractivity contribution in [3.05, 3.63) is 36.0 Å². The second-order valence-electron chi connectivity index (χ2n) is 6.04. The zero-order valence-electron chi connectivity index (χ0n) is 13.7. The van der Waals surface area contributed by atoms with Crippen LogP contribution >= 0.6 is 0 Å². The van der Waals surface area contributed by atoms with Gasteiger partial charge < -0.3 is 14.3 Å². The molecule has 1 saturated heterocycles. The molecule has 1 aliphatic rings. The van der Waals surface area contributed by atoms with Crippen LogP contribution in [0.5, 0.6) is 0 Å². The number of piperidine rings is 1. The lowest BCUT2D eigenvalue weighted by Gasteiger charge is -2.34. The third kappa shape index (κ3) is 3.80. The van der Waals surface area contributed by atoms with E-state index in [1.807, 2.05) is 0 Å². The van der Waals surface area contributed by atoms with Gasteiger partial charge in [0, 0.05) is 13.7 Å². The molecule has 1 aromatic heterocycles. The summed E-state index contributed by atoms with van der Waals surface area (Å²) in [5.74, 6) is 0.271. The van der Waals surface area contributed by atoms with Crippen LogP contribution in [-0.2, 0) is 4.74 Å². The average molecular weight is 335 g/mol. The third-order valence-corrected chi connectivity index (χ3v) is 4.25. The van der Waals surface area contributed by atoms with E-state index in [1.165, 1.54) is 6.07 Å². The van der Waals surface area contributed by atoms with Crippen molar-refractivity contribution in [2.75, 3.05) is 26.8 Å². The fraction of sp³-hybridized carbons (Fsp3) is 0.529. The van der Waals surface area contributed by atoms with Crippen LogP contribution in [0.15, 0.2) is 28.7 Å². The number of aliphatic hydroxyl groups is 1. The Balaban J connectivity index is 1.78. The van der Waals surface area contributed by atoms with E-state index >= 15 is 0 Å². The molecule has 2 aromatic rings. The number of benzene rings is 1. The zero-order chi connectivity index (χ0) is 16.9. The van der Waals surface area contributed by atoms with E-state index in [4.69, 9.17) is 9.15 Å². The lowest BCUT2D eigenvalue weighted by atomic mass is 10.0. The number of nitrogens with zero attached hydrogens (tertiary/aromatic N) is 3. The summed E-state index contributed by atoms with van der Waals surface area (Å²) in [4.78, 5) is 2.13. The van der Waals surface area contributed by atoms with Crippen LogP contribution in [0.1, 0.15) is 31.2 Å². The van der Waals surface area contributed by atoms with Crippen LogP contribution < -0.4 is 0 Å². The van der Waals surface area contributed by atoms with Crippen LogP contribution in [0.4, 0.5) is 4.39 Å². The fourth-order valence-electron chi connectivity index (χ4n) is 3.12. The molecule has 6 nitrogen and oxygen atoms in total. The van der Waals surface area contributed by atoms with E-state index < -0.39 is 6.10 Å². The van der Waals surface area contributed by atoms with Gasteiger partial charge in [0.25, 0.3) is 5.89 Å². The molecule has 0 aliphatic carbocycles. The highest BCUT2D eigenvalue weighted by Crippen LogP contribution is 2.32. The molecule has 7 heteroatoms. The lowest BCUT2D eigenvalue weighted by molar-refractivity contribution is 0.0131. The summed E-state index contributed by atoms with van der Waals surface area (Å²) in [5, 5.41) is 18.1. The summed E-state index contributed by atoms with van der Waals surface area (Å²) in [6.45, 7) is 1.62. The smallest absolute Gasteiger partial charge is 0.250 e. The molecule has 0 spiro atoms. The first kappa shape index (κ1) is 17.0. The number of halogens is 1. The Labute approximate surface area is 140 Å². The Hall–Kier alpha value is -1.83. The largest absolute Gasteiger partial charge is 0.419 e. The monoisotopic (exact) mass is 335 g/mol. The van der Waals surface area contributed by atoms with E-state index in [2.05, 4.69) is 15.1 Å². The summed E-state index contributed by atoms with van der Waals surface area (Å²) in [6, 6.07) is 6.28. The van der Waals surface area contributed by atoms with E-state index in [0.717, 1.165) is 25.8 Å². The Kier molecular flexibility index (Phi) is 5.55. The second kappa shape index (κ2) is 7.83. The molecule has 24 heavy (non-hydrogen) atoms. The van der Waals surface area contributed by atoms with Gasteiger partial charge in [0.05, 0.1) is 24.3 Å². The average Bonchev–Trinajstić information content (AvgIpc) is 3.05. The van der Waals surface area contributed by atoms with E-state index in [1.54, 1.807) is 25.3 Å². The highest BCUT2D eigenvalue weighted by atomic mass is 19.1. The highest BCUT2D eigenvalue weighted by molar-refractivity contribution is 5.53. The number of aliphatic hydroxyl groups excluding tert-OH is 1. The molecular formula is C17H22FN3O3. The first-order valence-electron chi connectivity index (χ1n) is 8.18. The van der Waals surface area contributed by atoms with Crippen molar-refractivity contribution in [3.8, 4) is 11.5 Å². The standard InChI is InChI=1S/C17H22FN3O3/c1-23-11-12(22)10-21-9-5-4-8-15(21)17-20-19-16(24-17)13-6-2-3-7-14(13)18/h2-3,6-7,12,15,22H,4-5,8-11H2,1H3/t12-,15-/m0/s1. The highest BCUT2D eigenvalue weighted by Gasteiger charge is 2.30. The summed E-state index contributed by atoms with van der Waals surface area (Å²) in [7, 11) is 1.57. The second-order valence-corrected chi connectivity index (χ2v) is 6.04. The molecule has 0 saturated carbocycles. The van der Waals surface area contributed by atoms with Crippen LogP contribution in [-0.4, -0.2) is 53.1 Å². The Morgan fingerprint density at radius 2 is 2.21 bits per heavy atom. The molecular weight excluding hydrogens is 313 g/mol. The molecule has 2 atom stereocenters. The molecule has 2 heterocycles. The molecule has 0 unspecified atom stereocenters. The SMILES string of the molecule is COC[C@@H](O)CN1CCCC[C@H]1c1nnc(-c2ccccc2F)o1. The van der Waals surface area contributed by atoms with Crippen molar-refractivity contribution < 1.29 is 18.7 Å². The van der Waals surface area contributed by atoms with Crippen molar-refractivity contribution >= 4 is 0 Å². The fourth-order valence-corrected chi connectivity index (χ4v) is 3.12. The molecule has 0 radical (unpaired) electrons. The van der Waals surface area contributed by atoms with Crippen LogP contribution in [0.25, 0.3) is 11.5 Å². The number of ether oxygens (including phenoxy) is 1. The molecule has 130 valence electrons. The minimum Gasteiger partial charge on any atom is -0.419 e. The van der Waals surface area contributed by atoms with Crippen LogP contribution in [0, 0.1) is 5.82 Å². The lowest BCUT2D eigenvalue weighted by Crippen LogP contribution is -2.40. The molecule has 1 aliphatic heterocycles. The topological polar surface area (TPSA) is 71.6 Å². The van der Waals surface area contributed by atoms with Gasteiger partial charge in [-0.2, -0.15) is 0 Å².